The Hall–Kier alpha value is -3.56. The number of benzene rings is 1. The van der Waals surface area contributed by atoms with E-state index in [0.717, 1.165) is 61.7 Å². The Morgan fingerprint density at radius 1 is 1.08 bits per heavy atom. The van der Waals surface area contributed by atoms with Crippen LogP contribution in [0.3, 0.4) is 0 Å². The number of nitrogen functional groups attached to an aromatic ring is 1. The van der Waals surface area contributed by atoms with E-state index in [1.807, 2.05) is 45.0 Å². The first-order valence-electron chi connectivity index (χ1n) is 13.7. The molecule has 3 aliphatic rings. The molecule has 10 nitrogen and oxygen atoms in total. The Labute approximate surface area is 221 Å². The van der Waals surface area contributed by atoms with E-state index in [9.17, 15) is 9.59 Å². The lowest BCUT2D eigenvalue weighted by Crippen LogP contribution is -2.41. The van der Waals surface area contributed by atoms with Crippen LogP contribution >= 0.6 is 0 Å². The molecule has 2 unspecified atom stereocenters. The molecule has 202 valence electrons. The van der Waals surface area contributed by atoms with Crippen LogP contribution in [0.4, 0.5) is 10.6 Å². The zero-order valence-corrected chi connectivity index (χ0v) is 22.2. The van der Waals surface area contributed by atoms with E-state index < -0.39 is 11.7 Å². The van der Waals surface area contributed by atoms with E-state index in [1.54, 1.807) is 4.68 Å². The molecule has 1 aromatic carbocycles. The van der Waals surface area contributed by atoms with Gasteiger partial charge in [-0.3, -0.25) is 9.48 Å². The third-order valence-corrected chi connectivity index (χ3v) is 8.05. The Morgan fingerprint density at radius 2 is 1.76 bits per heavy atom. The summed E-state index contributed by atoms with van der Waals surface area (Å²) in [4.78, 5) is 25.1. The van der Waals surface area contributed by atoms with Crippen LogP contribution in [0.15, 0.2) is 29.1 Å². The molecule has 0 aliphatic heterocycles. The minimum atomic E-state index is -0.540. The van der Waals surface area contributed by atoms with Crippen molar-refractivity contribution in [1.82, 2.24) is 25.3 Å². The predicted octanol–water partition coefficient (Wildman–Crippen LogP) is 4.55. The van der Waals surface area contributed by atoms with Gasteiger partial charge >= 0.3 is 6.09 Å². The summed E-state index contributed by atoms with van der Waals surface area (Å²) in [6, 6.07) is 7.90. The van der Waals surface area contributed by atoms with Gasteiger partial charge in [0.05, 0.1) is 17.5 Å². The topological polar surface area (TPSA) is 137 Å². The van der Waals surface area contributed by atoms with Crippen LogP contribution in [-0.4, -0.2) is 43.8 Å². The van der Waals surface area contributed by atoms with Gasteiger partial charge in [-0.15, -0.1) is 0 Å². The number of ether oxygens (including phenoxy) is 2. The van der Waals surface area contributed by atoms with Crippen molar-refractivity contribution in [2.75, 3.05) is 5.73 Å². The molecule has 2 aromatic heterocycles. The molecule has 3 fully saturated rings. The van der Waals surface area contributed by atoms with Crippen LogP contribution in [0.1, 0.15) is 71.8 Å². The SMILES string of the molecule is CC(C)(C)OC(=O)N[C@H]1CC[C@@H](n2nc(-c3ccc(OC4CC5CC5C4)cc3)c3c(N)n[nH]c(=O)c32)CC1. The number of aromatic amines is 1. The number of anilines is 1. The zero-order valence-electron chi connectivity index (χ0n) is 22.2. The molecular formula is C28H36N6O4. The fourth-order valence-corrected chi connectivity index (χ4v) is 6.16. The number of amides is 1. The van der Waals surface area contributed by atoms with Crippen molar-refractivity contribution in [1.29, 1.82) is 0 Å². The van der Waals surface area contributed by atoms with Crippen molar-refractivity contribution in [2.24, 2.45) is 11.8 Å². The van der Waals surface area contributed by atoms with Crippen molar-refractivity contribution in [3.05, 3.63) is 34.6 Å². The van der Waals surface area contributed by atoms with Crippen LogP contribution in [0.2, 0.25) is 0 Å². The highest BCUT2D eigenvalue weighted by atomic mass is 16.6. The van der Waals surface area contributed by atoms with Gasteiger partial charge in [0, 0.05) is 11.6 Å². The quantitative estimate of drug-likeness (QED) is 0.449. The van der Waals surface area contributed by atoms with Crippen molar-refractivity contribution in [3.63, 3.8) is 0 Å². The number of carbonyl (C=O) groups excluding carboxylic acids is 1. The van der Waals surface area contributed by atoms with Gasteiger partial charge in [0.1, 0.15) is 22.6 Å². The number of carbonyl (C=O) groups is 1. The maximum absolute atomic E-state index is 12.9. The molecule has 3 aromatic rings. The summed E-state index contributed by atoms with van der Waals surface area (Å²) in [5, 5.41) is 15.0. The summed E-state index contributed by atoms with van der Waals surface area (Å²) in [7, 11) is 0. The summed E-state index contributed by atoms with van der Waals surface area (Å²) < 4.78 is 13.4. The Morgan fingerprint density at radius 3 is 2.42 bits per heavy atom. The molecule has 4 N–H and O–H groups in total. The molecule has 0 spiro atoms. The number of aromatic nitrogens is 4. The number of H-pyrrole nitrogens is 1. The first kappa shape index (κ1) is 24.8. The van der Waals surface area contributed by atoms with E-state index in [4.69, 9.17) is 20.3 Å². The van der Waals surface area contributed by atoms with E-state index in [2.05, 4.69) is 15.5 Å². The average Bonchev–Trinajstić information content (AvgIpc) is 3.28. The molecule has 2 atom stereocenters. The van der Waals surface area contributed by atoms with Gasteiger partial charge in [-0.05, 0) is 102 Å². The minimum Gasteiger partial charge on any atom is -0.490 e. The van der Waals surface area contributed by atoms with Gasteiger partial charge in [-0.1, -0.05) is 0 Å². The lowest BCUT2D eigenvalue weighted by Gasteiger charge is -2.30. The van der Waals surface area contributed by atoms with Gasteiger partial charge in [-0.2, -0.15) is 10.2 Å². The first-order valence-corrected chi connectivity index (χ1v) is 13.7. The summed E-state index contributed by atoms with van der Waals surface area (Å²) in [5.74, 6) is 2.83. The fraction of sp³-hybridized carbons (Fsp3) is 0.571. The minimum absolute atomic E-state index is 0.00208. The molecule has 0 bridgehead atoms. The average molecular weight is 521 g/mol. The maximum atomic E-state index is 12.9. The molecule has 0 radical (unpaired) electrons. The Kier molecular flexibility index (Phi) is 6.07. The maximum Gasteiger partial charge on any atom is 0.407 e. The van der Waals surface area contributed by atoms with E-state index >= 15 is 0 Å². The second-order valence-corrected chi connectivity index (χ2v) is 12.1. The number of alkyl carbamates (subject to hydrolysis) is 1. The Bertz CT molecular complexity index is 1390. The van der Waals surface area contributed by atoms with Crippen LogP contribution < -0.4 is 21.3 Å². The molecule has 3 saturated carbocycles. The molecule has 2 heterocycles. The summed E-state index contributed by atoms with van der Waals surface area (Å²) in [6.45, 7) is 5.54. The number of fused-ring (bicyclic) bond motifs is 2. The van der Waals surface area contributed by atoms with Crippen LogP contribution in [0.25, 0.3) is 22.2 Å². The highest BCUT2D eigenvalue weighted by Gasteiger charge is 2.46. The van der Waals surface area contributed by atoms with Gasteiger partial charge in [0.15, 0.2) is 5.82 Å². The normalized spacial score (nSPS) is 26.7. The highest BCUT2D eigenvalue weighted by molar-refractivity contribution is 5.99. The third-order valence-electron chi connectivity index (χ3n) is 8.05. The number of hydrogen-bond donors (Lipinski definition) is 3. The molecule has 0 saturated heterocycles. The molecule has 38 heavy (non-hydrogen) atoms. The second-order valence-electron chi connectivity index (χ2n) is 12.1. The molecule has 10 heteroatoms. The lowest BCUT2D eigenvalue weighted by atomic mass is 9.91. The van der Waals surface area contributed by atoms with Crippen molar-refractivity contribution in [2.45, 2.75) is 89.5 Å². The summed E-state index contributed by atoms with van der Waals surface area (Å²) in [5.41, 5.74) is 7.34. The summed E-state index contributed by atoms with van der Waals surface area (Å²) in [6.07, 6.45) is 6.61. The van der Waals surface area contributed by atoms with E-state index in [0.29, 0.717) is 22.7 Å². The van der Waals surface area contributed by atoms with Gasteiger partial charge < -0.3 is 20.5 Å². The van der Waals surface area contributed by atoms with Crippen molar-refractivity contribution >= 4 is 22.8 Å². The number of nitrogens with two attached hydrogens (primary N) is 1. The number of nitrogens with zero attached hydrogens (tertiary/aromatic N) is 3. The van der Waals surface area contributed by atoms with Crippen LogP contribution in [-0.2, 0) is 4.74 Å². The van der Waals surface area contributed by atoms with Crippen LogP contribution in [0, 0.1) is 11.8 Å². The molecular weight excluding hydrogens is 484 g/mol. The number of hydrogen-bond acceptors (Lipinski definition) is 7. The molecule has 1 amide bonds. The number of rotatable bonds is 5. The summed E-state index contributed by atoms with van der Waals surface area (Å²) >= 11 is 0. The zero-order chi connectivity index (χ0) is 26.6. The van der Waals surface area contributed by atoms with Gasteiger partial charge in [0.25, 0.3) is 5.56 Å². The predicted molar refractivity (Wildman–Crippen MR) is 144 cm³/mol. The standard InChI is InChI=1S/C28H36N6O4/c1-28(2,3)38-27(36)30-18-6-8-19(9-7-18)34-24-22(25(29)31-32-26(24)35)23(33-34)15-4-10-20(11-5-15)37-21-13-16-12-17(16)14-21/h4-5,10-11,16-19,21H,6-9,12-14H2,1-3H3,(H2,29,31)(H,30,36)(H,32,35)/t16?,17?,18-,19+,21?. The van der Waals surface area contributed by atoms with Gasteiger partial charge in [-0.25, -0.2) is 9.89 Å². The van der Waals surface area contributed by atoms with Crippen molar-refractivity contribution in [3.8, 4) is 17.0 Å². The van der Waals surface area contributed by atoms with E-state index in [1.165, 1.54) is 6.42 Å². The fourth-order valence-electron chi connectivity index (χ4n) is 6.16. The molecule has 6 rings (SSSR count). The monoisotopic (exact) mass is 520 g/mol. The second kappa shape index (κ2) is 9.32. The first-order chi connectivity index (χ1) is 18.1. The molecule has 3 aliphatic carbocycles. The Balaban J connectivity index is 1.21. The number of nitrogens with one attached hydrogen (secondary N) is 2. The largest absolute Gasteiger partial charge is 0.490 e. The third kappa shape index (κ3) is 4.96. The smallest absolute Gasteiger partial charge is 0.407 e. The highest BCUT2D eigenvalue weighted by Crippen LogP contribution is 2.52. The lowest BCUT2D eigenvalue weighted by molar-refractivity contribution is 0.0487. The van der Waals surface area contributed by atoms with E-state index in [-0.39, 0.29) is 23.5 Å². The van der Waals surface area contributed by atoms with Gasteiger partial charge in [0.2, 0.25) is 0 Å². The van der Waals surface area contributed by atoms with Crippen molar-refractivity contribution < 1.29 is 14.3 Å². The van der Waals surface area contributed by atoms with Crippen LogP contribution in [0.5, 0.6) is 5.75 Å².